The number of hydrogen-bond acceptors (Lipinski definition) is 3. The molecule has 1 atom stereocenters. The monoisotopic (exact) mass is 242 g/mol. The van der Waals surface area contributed by atoms with Gasteiger partial charge in [-0.15, -0.1) is 0 Å². The van der Waals surface area contributed by atoms with Crippen LogP contribution < -0.4 is 11.1 Å². The first-order valence-corrected chi connectivity index (χ1v) is 6.17. The van der Waals surface area contributed by atoms with Crippen molar-refractivity contribution >= 4 is 11.9 Å². The van der Waals surface area contributed by atoms with Crippen molar-refractivity contribution in [2.24, 2.45) is 11.7 Å². The second-order valence-corrected chi connectivity index (χ2v) is 5.29. The van der Waals surface area contributed by atoms with E-state index in [2.05, 4.69) is 5.32 Å². The Labute approximate surface area is 102 Å². The molecule has 0 aromatic rings. The van der Waals surface area contributed by atoms with Crippen molar-refractivity contribution in [2.75, 3.05) is 0 Å². The summed E-state index contributed by atoms with van der Waals surface area (Å²) in [6.45, 7) is 3.79. The molecule has 0 radical (unpaired) electrons. The molecule has 5 nitrogen and oxygen atoms in total. The van der Waals surface area contributed by atoms with Gasteiger partial charge in [0.15, 0.2) is 0 Å². The largest absolute Gasteiger partial charge is 0.481 e. The number of carbonyl (C=O) groups is 2. The standard InChI is InChI=1S/C12H22N2O3/c1-8(2)9(7-10(15)16)14-11(17)12(13)5-3-4-6-12/h8-9H,3-7,13H2,1-2H3,(H,14,17)(H,15,16). The number of aliphatic carboxylic acids is 1. The molecule has 4 N–H and O–H groups in total. The minimum absolute atomic E-state index is 0.0561. The molecule has 0 aromatic heterocycles. The van der Waals surface area contributed by atoms with Crippen LogP contribution in [0, 0.1) is 5.92 Å². The molecule has 0 aliphatic heterocycles. The van der Waals surface area contributed by atoms with Crippen LogP contribution in [0.15, 0.2) is 0 Å². The van der Waals surface area contributed by atoms with Crippen LogP contribution in [0.4, 0.5) is 0 Å². The average Bonchev–Trinajstić information content (AvgIpc) is 2.64. The number of hydrogen-bond donors (Lipinski definition) is 3. The van der Waals surface area contributed by atoms with Gasteiger partial charge in [-0.05, 0) is 18.8 Å². The van der Waals surface area contributed by atoms with E-state index < -0.39 is 11.5 Å². The summed E-state index contributed by atoms with van der Waals surface area (Å²) in [5, 5.41) is 11.6. The van der Waals surface area contributed by atoms with Crippen molar-refractivity contribution in [1.82, 2.24) is 5.32 Å². The van der Waals surface area contributed by atoms with E-state index in [0.29, 0.717) is 12.8 Å². The highest BCUT2D eigenvalue weighted by molar-refractivity contribution is 5.87. The van der Waals surface area contributed by atoms with E-state index >= 15 is 0 Å². The van der Waals surface area contributed by atoms with E-state index in [0.717, 1.165) is 12.8 Å². The van der Waals surface area contributed by atoms with Crippen LogP contribution in [0.1, 0.15) is 46.0 Å². The van der Waals surface area contributed by atoms with Crippen molar-refractivity contribution in [3.05, 3.63) is 0 Å². The third-order valence-corrected chi connectivity index (χ3v) is 3.46. The van der Waals surface area contributed by atoms with Gasteiger partial charge in [0, 0.05) is 6.04 Å². The molecule has 0 saturated heterocycles. The maximum absolute atomic E-state index is 12.0. The summed E-state index contributed by atoms with van der Waals surface area (Å²) >= 11 is 0. The van der Waals surface area contributed by atoms with Gasteiger partial charge in [0.2, 0.25) is 5.91 Å². The summed E-state index contributed by atoms with van der Waals surface area (Å²) in [5.74, 6) is -1.02. The molecule has 17 heavy (non-hydrogen) atoms. The summed E-state index contributed by atoms with van der Waals surface area (Å²) in [6, 6.07) is -0.346. The van der Waals surface area contributed by atoms with Gasteiger partial charge in [0.05, 0.1) is 12.0 Å². The number of nitrogens with two attached hydrogens (primary N) is 1. The minimum Gasteiger partial charge on any atom is -0.481 e. The predicted octanol–water partition coefficient (Wildman–Crippen LogP) is 0.873. The van der Waals surface area contributed by atoms with Crippen molar-refractivity contribution in [3.63, 3.8) is 0 Å². The highest BCUT2D eigenvalue weighted by Gasteiger charge is 2.38. The van der Waals surface area contributed by atoms with Crippen LogP contribution in [-0.2, 0) is 9.59 Å². The highest BCUT2D eigenvalue weighted by Crippen LogP contribution is 2.27. The van der Waals surface area contributed by atoms with Crippen LogP contribution in [-0.4, -0.2) is 28.6 Å². The number of nitrogens with one attached hydrogen (secondary N) is 1. The van der Waals surface area contributed by atoms with Crippen molar-refractivity contribution < 1.29 is 14.7 Å². The molecular formula is C12H22N2O3. The second kappa shape index (κ2) is 5.49. The fraction of sp³-hybridized carbons (Fsp3) is 0.833. The Kier molecular flexibility index (Phi) is 4.51. The molecule has 0 spiro atoms. The molecule has 0 aromatic carbocycles. The van der Waals surface area contributed by atoms with Crippen LogP contribution in [0.2, 0.25) is 0 Å². The lowest BCUT2D eigenvalue weighted by molar-refractivity contribution is -0.138. The van der Waals surface area contributed by atoms with Gasteiger partial charge in [0.25, 0.3) is 0 Å². The van der Waals surface area contributed by atoms with E-state index in [-0.39, 0.29) is 24.3 Å². The lowest BCUT2D eigenvalue weighted by atomic mass is 9.95. The zero-order chi connectivity index (χ0) is 13.1. The van der Waals surface area contributed by atoms with Gasteiger partial charge in [-0.1, -0.05) is 26.7 Å². The number of carboxylic acid groups (broad SMARTS) is 1. The van der Waals surface area contributed by atoms with E-state index in [9.17, 15) is 9.59 Å². The summed E-state index contributed by atoms with van der Waals surface area (Å²) in [5.41, 5.74) is 5.24. The Morgan fingerprint density at radius 3 is 2.29 bits per heavy atom. The van der Waals surface area contributed by atoms with E-state index in [1.807, 2.05) is 13.8 Å². The topological polar surface area (TPSA) is 92.4 Å². The highest BCUT2D eigenvalue weighted by atomic mass is 16.4. The number of rotatable bonds is 5. The zero-order valence-corrected chi connectivity index (χ0v) is 10.5. The fourth-order valence-electron chi connectivity index (χ4n) is 2.19. The SMILES string of the molecule is CC(C)C(CC(=O)O)NC(=O)C1(N)CCCC1. The summed E-state index contributed by atoms with van der Waals surface area (Å²) in [7, 11) is 0. The fourth-order valence-corrected chi connectivity index (χ4v) is 2.19. The Morgan fingerprint density at radius 1 is 1.35 bits per heavy atom. The van der Waals surface area contributed by atoms with Crippen LogP contribution in [0.3, 0.4) is 0 Å². The van der Waals surface area contributed by atoms with Gasteiger partial charge in [-0.25, -0.2) is 0 Å². The predicted molar refractivity (Wildman–Crippen MR) is 64.4 cm³/mol. The number of amides is 1. The van der Waals surface area contributed by atoms with Gasteiger partial charge in [-0.2, -0.15) is 0 Å². The third kappa shape index (κ3) is 3.70. The van der Waals surface area contributed by atoms with Crippen molar-refractivity contribution in [3.8, 4) is 0 Å². The average molecular weight is 242 g/mol. The summed E-state index contributed by atoms with van der Waals surface area (Å²) in [6.07, 6.45) is 3.26. The molecule has 1 aliphatic carbocycles. The molecule has 0 bridgehead atoms. The summed E-state index contributed by atoms with van der Waals surface area (Å²) < 4.78 is 0. The maximum Gasteiger partial charge on any atom is 0.305 e. The van der Waals surface area contributed by atoms with Gasteiger partial charge >= 0.3 is 5.97 Å². The summed E-state index contributed by atoms with van der Waals surface area (Å²) in [4.78, 5) is 22.7. The molecule has 1 aliphatic rings. The Bertz CT molecular complexity index is 296. The Morgan fingerprint density at radius 2 is 1.88 bits per heavy atom. The van der Waals surface area contributed by atoms with Crippen LogP contribution in [0.25, 0.3) is 0 Å². The van der Waals surface area contributed by atoms with Gasteiger partial charge in [0.1, 0.15) is 0 Å². The van der Waals surface area contributed by atoms with Gasteiger partial charge < -0.3 is 16.2 Å². The first kappa shape index (κ1) is 14.0. The molecule has 5 heteroatoms. The molecule has 1 saturated carbocycles. The maximum atomic E-state index is 12.0. The van der Waals surface area contributed by atoms with E-state index in [4.69, 9.17) is 10.8 Å². The van der Waals surface area contributed by atoms with Crippen molar-refractivity contribution in [2.45, 2.75) is 57.5 Å². The normalized spacial score (nSPS) is 20.2. The van der Waals surface area contributed by atoms with Crippen LogP contribution >= 0.6 is 0 Å². The molecule has 1 rings (SSSR count). The van der Waals surface area contributed by atoms with E-state index in [1.54, 1.807) is 0 Å². The number of carboxylic acids is 1. The smallest absolute Gasteiger partial charge is 0.305 e. The number of carbonyl (C=O) groups excluding carboxylic acids is 1. The zero-order valence-electron chi connectivity index (χ0n) is 10.5. The first-order chi connectivity index (χ1) is 7.85. The molecular weight excluding hydrogens is 220 g/mol. The second-order valence-electron chi connectivity index (χ2n) is 5.29. The molecule has 1 amide bonds. The molecule has 1 fully saturated rings. The Hall–Kier alpha value is -1.10. The molecule has 0 heterocycles. The minimum atomic E-state index is -0.901. The first-order valence-electron chi connectivity index (χ1n) is 6.17. The van der Waals surface area contributed by atoms with Crippen LogP contribution in [0.5, 0.6) is 0 Å². The van der Waals surface area contributed by atoms with Crippen molar-refractivity contribution in [1.29, 1.82) is 0 Å². The Balaban J connectivity index is 2.60. The van der Waals surface area contributed by atoms with Gasteiger partial charge in [-0.3, -0.25) is 9.59 Å². The quantitative estimate of drug-likeness (QED) is 0.667. The molecule has 1 unspecified atom stereocenters. The third-order valence-electron chi connectivity index (χ3n) is 3.46. The lowest BCUT2D eigenvalue weighted by Crippen LogP contribution is -2.55. The van der Waals surface area contributed by atoms with E-state index in [1.165, 1.54) is 0 Å². The molecule has 98 valence electrons. The lowest BCUT2D eigenvalue weighted by Gasteiger charge is -2.28.